The van der Waals surface area contributed by atoms with E-state index in [4.69, 9.17) is 25.2 Å². The van der Waals surface area contributed by atoms with Crippen LogP contribution in [0.25, 0.3) is 0 Å². The number of aromatic nitrogens is 3. The van der Waals surface area contributed by atoms with Crippen molar-refractivity contribution >= 4 is 23.4 Å². The predicted octanol–water partition coefficient (Wildman–Crippen LogP) is 3.44. The van der Waals surface area contributed by atoms with E-state index in [2.05, 4.69) is 39.5 Å². The Bertz CT molecular complexity index is 1260. The van der Waals surface area contributed by atoms with Crippen LogP contribution in [0.2, 0.25) is 0 Å². The van der Waals surface area contributed by atoms with Gasteiger partial charge in [-0.3, -0.25) is 0 Å². The molecule has 180 valence electrons. The van der Waals surface area contributed by atoms with E-state index in [1.54, 1.807) is 18.0 Å². The van der Waals surface area contributed by atoms with Crippen LogP contribution in [0.15, 0.2) is 58.8 Å². The van der Waals surface area contributed by atoms with Crippen molar-refractivity contribution in [2.24, 2.45) is 11.1 Å². The number of piperidine rings is 1. The van der Waals surface area contributed by atoms with E-state index < -0.39 is 0 Å². The van der Waals surface area contributed by atoms with Gasteiger partial charge in [0, 0.05) is 25.3 Å². The van der Waals surface area contributed by atoms with Gasteiger partial charge in [-0.25, -0.2) is 15.0 Å². The molecular formula is C26H28N6O2S. The van der Waals surface area contributed by atoms with E-state index in [0.717, 1.165) is 59.7 Å². The Morgan fingerprint density at radius 3 is 2.63 bits per heavy atom. The molecule has 3 N–H and O–H groups in total. The number of rotatable bonds is 3. The third-order valence-corrected chi connectivity index (χ3v) is 8.97. The highest BCUT2D eigenvalue weighted by atomic mass is 32.2. The highest BCUT2D eigenvalue weighted by Gasteiger charge is 2.46. The highest BCUT2D eigenvalue weighted by molar-refractivity contribution is 7.99. The number of anilines is 2. The van der Waals surface area contributed by atoms with Gasteiger partial charge in [-0.05, 0) is 41.9 Å². The molecule has 0 amide bonds. The van der Waals surface area contributed by atoms with Crippen molar-refractivity contribution in [3.8, 4) is 5.75 Å². The summed E-state index contributed by atoms with van der Waals surface area (Å²) < 4.78 is 11.4. The monoisotopic (exact) mass is 488 g/mol. The Kier molecular flexibility index (Phi) is 4.94. The Morgan fingerprint density at radius 2 is 1.89 bits per heavy atom. The molecule has 0 bridgehead atoms. The fourth-order valence-corrected chi connectivity index (χ4v) is 6.68. The Labute approximate surface area is 208 Å². The van der Waals surface area contributed by atoms with Crippen molar-refractivity contribution in [1.82, 2.24) is 15.0 Å². The summed E-state index contributed by atoms with van der Waals surface area (Å²) in [7, 11) is 0. The van der Waals surface area contributed by atoms with Crippen LogP contribution in [0.4, 0.5) is 11.6 Å². The maximum atomic E-state index is 6.73. The summed E-state index contributed by atoms with van der Waals surface area (Å²) in [6.45, 7) is 3.77. The van der Waals surface area contributed by atoms with Crippen LogP contribution in [0.1, 0.15) is 30.0 Å². The topological polar surface area (TPSA) is 98.4 Å². The van der Waals surface area contributed by atoms with Gasteiger partial charge in [-0.1, -0.05) is 36.0 Å². The maximum absolute atomic E-state index is 6.73. The van der Waals surface area contributed by atoms with Crippen LogP contribution in [0.5, 0.6) is 5.75 Å². The van der Waals surface area contributed by atoms with Crippen molar-refractivity contribution in [3.63, 3.8) is 0 Å². The molecule has 1 atom stereocenters. The van der Waals surface area contributed by atoms with Crippen molar-refractivity contribution in [2.45, 2.75) is 40.8 Å². The molecule has 2 fully saturated rings. The molecule has 0 radical (unpaired) electrons. The minimum absolute atomic E-state index is 0.125. The van der Waals surface area contributed by atoms with Gasteiger partial charge in [0.05, 0.1) is 30.5 Å². The van der Waals surface area contributed by atoms with Gasteiger partial charge in [0.1, 0.15) is 23.0 Å². The quantitative estimate of drug-likeness (QED) is 0.574. The van der Waals surface area contributed by atoms with Crippen LogP contribution in [-0.4, -0.2) is 53.4 Å². The molecule has 9 heteroatoms. The number of hydrogen-bond acceptors (Lipinski definition) is 9. The number of nitrogens with zero attached hydrogens (tertiary/aromatic N) is 4. The first kappa shape index (κ1) is 21.4. The van der Waals surface area contributed by atoms with E-state index >= 15 is 0 Å². The molecule has 8 nitrogen and oxygen atoms in total. The second-order valence-corrected chi connectivity index (χ2v) is 11.3. The second-order valence-electron chi connectivity index (χ2n) is 10.2. The van der Waals surface area contributed by atoms with Gasteiger partial charge < -0.3 is 25.4 Å². The van der Waals surface area contributed by atoms with Gasteiger partial charge in [0.2, 0.25) is 0 Å². The lowest BCUT2D eigenvalue weighted by Gasteiger charge is -2.45. The average Bonchev–Trinajstić information content (AvgIpc) is 3.15. The molecule has 3 aliphatic heterocycles. The predicted molar refractivity (Wildman–Crippen MR) is 134 cm³/mol. The van der Waals surface area contributed by atoms with E-state index in [-0.39, 0.29) is 17.0 Å². The molecule has 2 saturated heterocycles. The molecule has 4 aliphatic rings. The molecule has 2 spiro atoms. The Morgan fingerprint density at radius 1 is 1.03 bits per heavy atom. The molecular weight excluding hydrogens is 460 g/mol. The maximum Gasteiger partial charge on any atom is 0.175 e. The first-order chi connectivity index (χ1) is 17.1. The number of nitrogens with one attached hydrogen (secondary N) is 1. The molecule has 35 heavy (non-hydrogen) atoms. The number of ether oxygens (including phenoxy) is 2. The summed E-state index contributed by atoms with van der Waals surface area (Å²) in [5.74, 6) is 2.47. The van der Waals surface area contributed by atoms with Crippen molar-refractivity contribution in [1.29, 1.82) is 0 Å². The van der Waals surface area contributed by atoms with Crippen LogP contribution < -0.4 is 20.7 Å². The number of nitrogens with two attached hydrogens (primary N) is 1. The lowest BCUT2D eigenvalue weighted by molar-refractivity contribution is -0.0652. The summed E-state index contributed by atoms with van der Waals surface area (Å²) in [5, 5.41) is 4.32. The van der Waals surface area contributed by atoms with Crippen molar-refractivity contribution in [3.05, 3.63) is 60.0 Å². The van der Waals surface area contributed by atoms with E-state index in [1.807, 2.05) is 18.5 Å². The van der Waals surface area contributed by atoms with Gasteiger partial charge in [-0.15, -0.1) is 0 Å². The minimum atomic E-state index is -0.136. The zero-order chi connectivity index (χ0) is 23.5. The zero-order valence-corrected chi connectivity index (χ0v) is 20.3. The number of benzene rings is 1. The number of fused-ring (bicyclic) bond motifs is 2. The standard InChI is InChI=1S/C26H28N6O2S/c27-23-18-4-2-1-3-17(18)11-25(23)6-9-32(10-7-25)20-12-30-21(13-29-20)35-19-5-8-28-24-22(19)34-16-26(31-24)14-33-15-26/h1-5,8,12-13,23H,6-7,9-11,14-16,27H2,(H,28,31)/t23-/m1/s1. The van der Waals surface area contributed by atoms with E-state index in [9.17, 15) is 0 Å². The summed E-state index contributed by atoms with van der Waals surface area (Å²) >= 11 is 1.55. The molecule has 3 aromatic rings. The zero-order valence-electron chi connectivity index (χ0n) is 19.4. The molecule has 5 heterocycles. The first-order valence-electron chi connectivity index (χ1n) is 12.2. The van der Waals surface area contributed by atoms with Crippen LogP contribution in [-0.2, 0) is 11.2 Å². The van der Waals surface area contributed by atoms with Gasteiger partial charge in [-0.2, -0.15) is 0 Å². The molecule has 0 saturated carbocycles. The largest absolute Gasteiger partial charge is 0.486 e. The Hall–Kier alpha value is -2.88. The molecule has 2 aromatic heterocycles. The van der Waals surface area contributed by atoms with Crippen molar-refractivity contribution < 1.29 is 9.47 Å². The van der Waals surface area contributed by atoms with Gasteiger partial charge in [0.25, 0.3) is 0 Å². The lowest BCUT2D eigenvalue weighted by atomic mass is 9.73. The fraction of sp³-hybridized carbons (Fsp3) is 0.423. The number of hydrogen-bond donors (Lipinski definition) is 2. The van der Waals surface area contributed by atoms with Crippen LogP contribution in [0.3, 0.4) is 0 Å². The highest BCUT2D eigenvalue weighted by Crippen LogP contribution is 2.51. The third kappa shape index (κ3) is 3.56. The third-order valence-electron chi connectivity index (χ3n) is 8.01. The SMILES string of the molecule is N[C@@H]1c2ccccc2CC12CCN(c1cnc(Sc3ccnc4c3OCC3(COC3)N4)cn1)CC2. The summed E-state index contributed by atoms with van der Waals surface area (Å²) in [6, 6.07) is 10.7. The van der Waals surface area contributed by atoms with E-state index in [1.165, 1.54) is 11.1 Å². The lowest BCUT2D eigenvalue weighted by Crippen LogP contribution is -2.61. The number of pyridine rings is 1. The van der Waals surface area contributed by atoms with Gasteiger partial charge in [0.15, 0.2) is 11.6 Å². The van der Waals surface area contributed by atoms with Gasteiger partial charge >= 0.3 is 0 Å². The summed E-state index contributed by atoms with van der Waals surface area (Å²) in [5.41, 5.74) is 9.52. The molecule has 0 unspecified atom stereocenters. The van der Waals surface area contributed by atoms with Crippen LogP contribution >= 0.6 is 11.8 Å². The molecule has 7 rings (SSSR count). The minimum Gasteiger partial charge on any atom is -0.486 e. The normalized spacial score (nSPS) is 23.2. The Balaban J connectivity index is 1.02. The summed E-state index contributed by atoms with van der Waals surface area (Å²) in [4.78, 5) is 17.2. The average molecular weight is 489 g/mol. The molecule has 1 aliphatic carbocycles. The van der Waals surface area contributed by atoms with E-state index in [0.29, 0.717) is 19.8 Å². The smallest absolute Gasteiger partial charge is 0.175 e. The fourth-order valence-electron chi connectivity index (χ4n) is 5.87. The van der Waals surface area contributed by atoms with Crippen LogP contribution in [0, 0.1) is 5.41 Å². The second kappa shape index (κ2) is 8.08. The van der Waals surface area contributed by atoms with Crippen molar-refractivity contribution in [2.75, 3.05) is 43.1 Å². The molecule has 1 aromatic carbocycles. The summed E-state index contributed by atoms with van der Waals surface area (Å²) in [6.07, 6.45) is 8.76. The first-order valence-corrected chi connectivity index (χ1v) is 13.0.